The maximum Gasteiger partial charge on any atom is 0.295 e. The van der Waals surface area contributed by atoms with Gasteiger partial charge in [-0.25, -0.2) is 0 Å². The van der Waals surface area contributed by atoms with E-state index in [-0.39, 0.29) is 17.4 Å². The van der Waals surface area contributed by atoms with Crippen LogP contribution in [0.15, 0.2) is 42.0 Å². The van der Waals surface area contributed by atoms with Crippen molar-refractivity contribution in [2.45, 2.75) is 38.8 Å². The monoisotopic (exact) mass is 451 g/mol. The van der Waals surface area contributed by atoms with E-state index in [2.05, 4.69) is 0 Å². The maximum absolute atomic E-state index is 13.2. The van der Waals surface area contributed by atoms with Crippen LogP contribution in [0.1, 0.15) is 41.1 Å². The highest BCUT2D eigenvalue weighted by Gasteiger charge is 2.47. The van der Waals surface area contributed by atoms with E-state index in [9.17, 15) is 14.7 Å². The van der Waals surface area contributed by atoms with Gasteiger partial charge in [-0.15, -0.1) is 0 Å². The summed E-state index contributed by atoms with van der Waals surface area (Å²) in [6, 6.07) is 10.1. The van der Waals surface area contributed by atoms with Crippen LogP contribution in [-0.2, 0) is 14.3 Å². The SMILES string of the molecule is COc1ccc(C2/C(=C(\O)c3cc(C)c(OC)cc3C)C(=O)C(=O)N2CC2CCCO2)cc1. The molecule has 2 aliphatic rings. The largest absolute Gasteiger partial charge is 0.507 e. The molecule has 2 saturated heterocycles. The van der Waals surface area contributed by atoms with Crippen molar-refractivity contribution in [3.63, 3.8) is 0 Å². The Morgan fingerprint density at radius 1 is 1.09 bits per heavy atom. The predicted octanol–water partition coefficient (Wildman–Crippen LogP) is 3.92. The molecule has 1 amide bonds. The van der Waals surface area contributed by atoms with Crippen LogP contribution < -0.4 is 9.47 Å². The summed E-state index contributed by atoms with van der Waals surface area (Å²) in [5.41, 5.74) is 2.86. The lowest BCUT2D eigenvalue weighted by molar-refractivity contribution is -0.140. The Hall–Kier alpha value is -3.32. The number of rotatable bonds is 6. The summed E-state index contributed by atoms with van der Waals surface area (Å²) in [4.78, 5) is 27.9. The number of ether oxygens (including phenoxy) is 3. The Balaban J connectivity index is 1.85. The quantitative estimate of drug-likeness (QED) is 0.407. The highest BCUT2D eigenvalue weighted by Crippen LogP contribution is 2.41. The zero-order valence-electron chi connectivity index (χ0n) is 19.4. The number of ketones is 1. The van der Waals surface area contributed by atoms with E-state index in [0.29, 0.717) is 30.2 Å². The number of methoxy groups -OCH3 is 2. The number of likely N-dealkylation sites (tertiary alicyclic amines) is 1. The van der Waals surface area contributed by atoms with Gasteiger partial charge in [0.1, 0.15) is 17.3 Å². The molecule has 2 atom stereocenters. The minimum Gasteiger partial charge on any atom is -0.507 e. The first-order valence-electron chi connectivity index (χ1n) is 11.0. The van der Waals surface area contributed by atoms with Crippen LogP contribution in [-0.4, -0.2) is 55.2 Å². The second kappa shape index (κ2) is 9.27. The number of aliphatic hydroxyl groups is 1. The van der Waals surface area contributed by atoms with Crippen molar-refractivity contribution in [3.8, 4) is 11.5 Å². The molecule has 2 unspecified atom stereocenters. The fourth-order valence-electron chi connectivity index (χ4n) is 4.62. The number of benzene rings is 2. The summed E-state index contributed by atoms with van der Waals surface area (Å²) in [6.45, 7) is 4.64. The molecule has 2 aliphatic heterocycles. The Kier molecular flexibility index (Phi) is 6.42. The van der Waals surface area contributed by atoms with Gasteiger partial charge >= 0.3 is 0 Å². The van der Waals surface area contributed by atoms with Crippen molar-refractivity contribution < 1.29 is 28.9 Å². The molecule has 0 aromatic heterocycles. The topological polar surface area (TPSA) is 85.3 Å². The van der Waals surface area contributed by atoms with E-state index in [0.717, 1.165) is 29.5 Å². The standard InChI is InChI=1S/C26H29NO6/c1-15-13-21(32-4)16(2)12-20(15)24(28)22-23(17-7-9-18(31-3)10-8-17)27(26(30)25(22)29)14-19-6-5-11-33-19/h7-10,12-13,19,23,28H,5-6,11,14H2,1-4H3/b24-22+. The van der Waals surface area contributed by atoms with Crippen molar-refractivity contribution >= 4 is 17.4 Å². The molecule has 174 valence electrons. The second-order valence-electron chi connectivity index (χ2n) is 8.50. The number of carbonyl (C=O) groups excluding carboxylic acids is 2. The average Bonchev–Trinajstić information content (AvgIpc) is 3.42. The molecule has 0 saturated carbocycles. The molecule has 2 fully saturated rings. The summed E-state index contributed by atoms with van der Waals surface area (Å²) in [7, 11) is 3.16. The highest BCUT2D eigenvalue weighted by molar-refractivity contribution is 6.46. The molecule has 2 aromatic rings. The summed E-state index contributed by atoms with van der Waals surface area (Å²) < 4.78 is 16.4. The van der Waals surface area contributed by atoms with Gasteiger partial charge in [-0.05, 0) is 67.6 Å². The van der Waals surface area contributed by atoms with Crippen LogP contribution in [0.2, 0.25) is 0 Å². The van der Waals surface area contributed by atoms with Crippen molar-refractivity contribution in [2.24, 2.45) is 0 Å². The number of hydrogen-bond acceptors (Lipinski definition) is 6. The second-order valence-corrected chi connectivity index (χ2v) is 8.50. The van der Waals surface area contributed by atoms with Crippen molar-refractivity contribution in [1.29, 1.82) is 0 Å². The van der Waals surface area contributed by atoms with E-state index in [4.69, 9.17) is 14.2 Å². The summed E-state index contributed by atoms with van der Waals surface area (Å²) in [6.07, 6.45) is 1.62. The normalized spacial score (nSPS) is 22.1. The Morgan fingerprint density at radius 2 is 1.82 bits per heavy atom. The van der Waals surface area contributed by atoms with Crippen LogP contribution in [0, 0.1) is 13.8 Å². The number of hydrogen-bond donors (Lipinski definition) is 1. The number of Topliss-reactive ketones (excluding diaryl/α,β-unsaturated/α-hetero) is 1. The third-order valence-corrected chi connectivity index (χ3v) is 6.39. The van der Waals surface area contributed by atoms with Crippen LogP contribution >= 0.6 is 0 Å². The number of carbonyl (C=O) groups is 2. The first-order chi connectivity index (χ1) is 15.8. The number of aliphatic hydroxyl groups excluding tert-OH is 1. The van der Waals surface area contributed by atoms with Gasteiger partial charge in [-0.1, -0.05) is 12.1 Å². The van der Waals surface area contributed by atoms with Gasteiger partial charge in [0, 0.05) is 18.7 Å². The minimum absolute atomic E-state index is 0.0795. The van der Waals surface area contributed by atoms with E-state index < -0.39 is 17.7 Å². The van der Waals surface area contributed by atoms with Gasteiger partial charge < -0.3 is 24.2 Å². The number of amides is 1. The molecule has 7 nitrogen and oxygen atoms in total. The molecule has 0 bridgehead atoms. The van der Waals surface area contributed by atoms with Gasteiger partial charge in [-0.2, -0.15) is 0 Å². The smallest absolute Gasteiger partial charge is 0.295 e. The molecule has 0 radical (unpaired) electrons. The molecule has 1 N–H and O–H groups in total. The lowest BCUT2D eigenvalue weighted by atomic mass is 9.93. The van der Waals surface area contributed by atoms with Crippen molar-refractivity contribution in [2.75, 3.05) is 27.4 Å². The third-order valence-electron chi connectivity index (χ3n) is 6.39. The van der Waals surface area contributed by atoms with E-state index >= 15 is 0 Å². The van der Waals surface area contributed by atoms with E-state index in [1.807, 2.05) is 32.0 Å². The maximum atomic E-state index is 13.2. The minimum atomic E-state index is -0.720. The third kappa shape index (κ3) is 4.20. The average molecular weight is 452 g/mol. The molecular weight excluding hydrogens is 422 g/mol. The molecule has 2 aromatic carbocycles. The summed E-state index contributed by atoms with van der Waals surface area (Å²) >= 11 is 0. The number of nitrogens with zero attached hydrogens (tertiary/aromatic N) is 1. The zero-order chi connectivity index (χ0) is 23.7. The molecule has 7 heteroatoms. The Bertz CT molecular complexity index is 1100. The Morgan fingerprint density at radius 3 is 2.42 bits per heavy atom. The fourth-order valence-corrected chi connectivity index (χ4v) is 4.62. The molecular formula is C26H29NO6. The Labute approximate surface area is 193 Å². The predicted molar refractivity (Wildman–Crippen MR) is 123 cm³/mol. The molecule has 0 aliphatic carbocycles. The van der Waals surface area contributed by atoms with Crippen molar-refractivity contribution in [1.82, 2.24) is 4.90 Å². The van der Waals surface area contributed by atoms with Crippen LogP contribution in [0.25, 0.3) is 5.76 Å². The first kappa shape index (κ1) is 22.9. The van der Waals surface area contributed by atoms with E-state index in [1.165, 1.54) is 4.90 Å². The van der Waals surface area contributed by atoms with Crippen LogP contribution in [0.4, 0.5) is 0 Å². The van der Waals surface area contributed by atoms with Gasteiger partial charge in [0.2, 0.25) is 0 Å². The van der Waals surface area contributed by atoms with Crippen LogP contribution in [0.3, 0.4) is 0 Å². The molecule has 2 heterocycles. The lowest BCUT2D eigenvalue weighted by Gasteiger charge is -2.27. The number of aryl methyl sites for hydroxylation is 2. The zero-order valence-corrected chi connectivity index (χ0v) is 19.4. The van der Waals surface area contributed by atoms with Gasteiger partial charge in [0.05, 0.1) is 31.9 Å². The van der Waals surface area contributed by atoms with Crippen LogP contribution in [0.5, 0.6) is 11.5 Å². The highest BCUT2D eigenvalue weighted by atomic mass is 16.5. The molecule has 0 spiro atoms. The van der Waals surface area contributed by atoms with Gasteiger partial charge in [0.25, 0.3) is 11.7 Å². The lowest BCUT2D eigenvalue weighted by Crippen LogP contribution is -2.36. The van der Waals surface area contributed by atoms with Gasteiger partial charge in [0.15, 0.2) is 0 Å². The van der Waals surface area contributed by atoms with Crippen molar-refractivity contribution in [3.05, 3.63) is 64.2 Å². The summed E-state index contributed by atoms with van der Waals surface area (Å²) in [5, 5.41) is 11.4. The fraction of sp³-hybridized carbons (Fsp3) is 0.385. The summed E-state index contributed by atoms with van der Waals surface area (Å²) in [5.74, 6) is -0.159. The first-order valence-corrected chi connectivity index (χ1v) is 11.0. The molecule has 33 heavy (non-hydrogen) atoms. The molecule has 4 rings (SSSR count). The van der Waals surface area contributed by atoms with Gasteiger partial charge in [-0.3, -0.25) is 9.59 Å². The van der Waals surface area contributed by atoms with E-state index in [1.54, 1.807) is 32.4 Å².